The van der Waals surface area contributed by atoms with E-state index in [4.69, 9.17) is 5.26 Å². The molecule has 1 saturated heterocycles. The van der Waals surface area contributed by atoms with Crippen molar-refractivity contribution in [3.05, 3.63) is 42.2 Å². The smallest absolute Gasteiger partial charge is 0.226 e. The van der Waals surface area contributed by atoms with E-state index in [0.717, 1.165) is 16.7 Å². The highest BCUT2D eigenvalue weighted by atomic mass is 16.3. The summed E-state index contributed by atoms with van der Waals surface area (Å²) < 4.78 is 1.55. The third kappa shape index (κ3) is 3.32. The molecular formula is C19H18N6O2. The van der Waals surface area contributed by atoms with Crippen molar-refractivity contribution in [3.63, 3.8) is 0 Å². The first kappa shape index (κ1) is 17.0. The van der Waals surface area contributed by atoms with Gasteiger partial charge in [0, 0.05) is 36.6 Å². The van der Waals surface area contributed by atoms with E-state index in [1.54, 1.807) is 35.3 Å². The molecule has 0 unspecified atom stereocenters. The SMILES string of the molecule is Cc1cc(O)cc(-c2nn(CC#N)cc2-c2ccnc(N3CC(O)C3)n2)c1. The summed E-state index contributed by atoms with van der Waals surface area (Å²) in [5.41, 5.74) is 3.71. The summed E-state index contributed by atoms with van der Waals surface area (Å²) in [5.74, 6) is 0.701. The van der Waals surface area contributed by atoms with Crippen LogP contribution in [-0.4, -0.2) is 49.2 Å². The third-order valence-electron chi connectivity index (χ3n) is 4.39. The molecule has 1 aliphatic heterocycles. The Morgan fingerprint density at radius 1 is 1.30 bits per heavy atom. The lowest BCUT2D eigenvalue weighted by atomic mass is 10.0. The molecule has 136 valence electrons. The minimum atomic E-state index is -0.346. The number of hydrogen-bond donors (Lipinski definition) is 2. The van der Waals surface area contributed by atoms with E-state index >= 15 is 0 Å². The minimum absolute atomic E-state index is 0.112. The highest BCUT2D eigenvalue weighted by molar-refractivity contribution is 5.79. The summed E-state index contributed by atoms with van der Waals surface area (Å²) in [6.07, 6.45) is 3.10. The first-order chi connectivity index (χ1) is 13.0. The van der Waals surface area contributed by atoms with Gasteiger partial charge in [-0.05, 0) is 36.8 Å². The van der Waals surface area contributed by atoms with Gasteiger partial charge in [-0.2, -0.15) is 10.4 Å². The van der Waals surface area contributed by atoms with Gasteiger partial charge in [0.05, 0.1) is 17.9 Å². The van der Waals surface area contributed by atoms with Crippen molar-refractivity contribution in [2.75, 3.05) is 18.0 Å². The predicted octanol–water partition coefficient (Wildman–Crippen LogP) is 1.73. The number of rotatable bonds is 4. The van der Waals surface area contributed by atoms with Crippen LogP contribution in [0.3, 0.4) is 0 Å². The first-order valence-corrected chi connectivity index (χ1v) is 8.55. The van der Waals surface area contributed by atoms with Crippen LogP contribution in [-0.2, 0) is 6.54 Å². The van der Waals surface area contributed by atoms with Crippen molar-refractivity contribution in [3.8, 4) is 34.3 Å². The van der Waals surface area contributed by atoms with Gasteiger partial charge in [0.1, 0.15) is 18.0 Å². The first-order valence-electron chi connectivity index (χ1n) is 8.55. The molecule has 3 aromatic rings. The zero-order valence-electron chi connectivity index (χ0n) is 14.7. The Kier molecular flexibility index (Phi) is 4.22. The number of aliphatic hydroxyl groups is 1. The molecule has 0 saturated carbocycles. The van der Waals surface area contributed by atoms with Crippen molar-refractivity contribution < 1.29 is 10.2 Å². The van der Waals surface area contributed by atoms with Crippen molar-refractivity contribution in [2.45, 2.75) is 19.6 Å². The molecule has 0 amide bonds. The van der Waals surface area contributed by atoms with Gasteiger partial charge < -0.3 is 15.1 Å². The molecule has 1 aliphatic rings. The number of phenols is 1. The Hall–Kier alpha value is -3.44. The number of aryl methyl sites for hydroxylation is 1. The monoisotopic (exact) mass is 362 g/mol. The van der Waals surface area contributed by atoms with Crippen LogP contribution in [0.5, 0.6) is 5.75 Å². The molecule has 0 spiro atoms. The molecule has 0 bridgehead atoms. The number of phenolic OH excluding ortho intramolecular Hbond substituents is 1. The minimum Gasteiger partial charge on any atom is -0.508 e. The quantitative estimate of drug-likeness (QED) is 0.727. The van der Waals surface area contributed by atoms with Crippen LogP contribution in [0.4, 0.5) is 5.95 Å². The van der Waals surface area contributed by atoms with Crippen LogP contribution < -0.4 is 4.90 Å². The summed E-state index contributed by atoms with van der Waals surface area (Å²) in [6.45, 7) is 3.03. The van der Waals surface area contributed by atoms with Crippen molar-refractivity contribution in [1.29, 1.82) is 5.26 Å². The average Bonchev–Trinajstić information content (AvgIpc) is 3.03. The van der Waals surface area contributed by atoms with Gasteiger partial charge in [-0.3, -0.25) is 4.68 Å². The Balaban J connectivity index is 1.80. The molecule has 4 rings (SSSR count). The molecule has 2 N–H and O–H groups in total. The number of aromatic nitrogens is 4. The number of aromatic hydroxyl groups is 1. The van der Waals surface area contributed by atoms with Crippen LogP contribution in [0.2, 0.25) is 0 Å². The second-order valence-corrected chi connectivity index (χ2v) is 6.60. The highest BCUT2D eigenvalue weighted by Gasteiger charge is 2.27. The Morgan fingerprint density at radius 3 is 2.81 bits per heavy atom. The van der Waals surface area contributed by atoms with Gasteiger partial charge >= 0.3 is 0 Å². The average molecular weight is 362 g/mol. The van der Waals surface area contributed by atoms with E-state index in [1.807, 2.05) is 17.9 Å². The summed E-state index contributed by atoms with van der Waals surface area (Å²) in [6, 6.07) is 9.11. The number of aliphatic hydroxyl groups excluding tert-OH is 1. The maximum absolute atomic E-state index is 9.97. The van der Waals surface area contributed by atoms with Gasteiger partial charge in [0.25, 0.3) is 0 Å². The van der Waals surface area contributed by atoms with Crippen molar-refractivity contribution >= 4 is 5.95 Å². The topological polar surface area (TPSA) is 111 Å². The number of β-amino-alcohol motifs (C(OH)–C–C–N with tert-alkyl or cyclic N) is 1. The Labute approximate surface area is 156 Å². The van der Waals surface area contributed by atoms with E-state index in [9.17, 15) is 10.2 Å². The van der Waals surface area contributed by atoms with Gasteiger partial charge in [-0.1, -0.05) is 0 Å². The molecule has 8 nitrogen and oxygen atoms in total. The highest BCUT2D eigenvalue weighted by Crippen LogP contribution is 2.33. The van der Waals surface area contributed by atoms with E-state index in [2.05, 4.69) is 21.1 Å². The molecule has 2 aromatic heterocycles. The van der Waals surface area contributed by atoms with E-state index in [1.165, 1.54) is 0 Å². The second-order valence-electron chi connectivity index (χ2n) is 6.60. The predicted molar refractivity (Wildman–Crippen MR) is 98.9 cm³/mol. The number of benzene rings is 1. The van der Waals surface area contributed by atoms with E-state index in [0.29, 0.717) is 30.4 Å². The Bertz CT molecular complexity index is 1010. The number of anilines is 1. The molecule has 0 radical (unpaired) electrons. The molecule has 1 fully saturated rings. The fourth-order valence-electron chi connectivity index (χ4n) is 3.14. The van der Waals surface area contributed by atoms with Crippen LogP contribution in [0.25, 0.3) is 22.5 Å². The van der Waals surface area contributed by atoms with Gasteiger partial charge in [0.2, 0.25) is 5.95 Å². The Morgan fingerprint density at radius 2 is 2.11 bits per heavy atom. The van der Waals surface area contributed by atoms with E-state index in [-0.39, 0.29) is 18.4 Å². The molecule has 3 heterocycles. The standard InChI is InChI=1S/C19H18N6O2/c1-12-6-13(8-14(26)7-12)18-16(11-25(23-18)5-3-20)17-2-4-21-19(22-17)24-9-15(27)10-24/h2,4,6-8,11,15,26-27H,5,9-10H2,1H3. The zero-order chi connectivity index (χ0) is 19.0. The van der Waals surface area contributed by atoms with Gasteiger partial charge in [-0.25, -0.2) is 9.97 Å². The lowest BCUT2D eigenvalue weighted by Crippen LogP contribution is -2.51. The fraction of sp³-hybridized carbons (Fsp3) is 0.263. The maximum Gasteiger partial charge on any atom is 0.226 e. The van der Waals surface area contributed by atoms with Crippen LogP contribution >= 0.6 is 0 Å². The fourth-order valence-corrected chi connectivity index (χ4v) is 3.14. The maximum atomic E-state index is 9.97. The van der Waals surface area contributed by atoms with Crippen LogP contribution in [0.15, 0.2) is 36.7 Å². The molecule has 0 aliphatic carbocycles. The lowest BCUT2D eigenvalue weighted by molar-refractivity contribution is 0.140. The molecular weight excluding hydrogens is 344 g/mol. The normalized spacial score (nSPS) is 14.0. The molecule has 27 heavy (non-hydrogen) atoms. The molecule has 1 aromatic carbocycles. The van der Waals surface area contributed by atoms with Gasteiger partial charge in [-0.15, -0.1) is 0 Å². The summed E-state index contributed by atoms with van der Waals surface area (Å²) in [4.78, 5) is 10.8. The largest absolute Gasteiger partial charge is 0.508 e. The molecule has 0 atom stereocenters. The van der Waals surface area contributed by atoms with Crippen molar-refractivity contribution in [1.82, 2.24) is 19.7 Å². The summed E-state index contributed by atoms with van der Waals surface area (Å²) >= 11 is 0. The number of nitrogens with zero attached hydrogens (tertiary/aromatic N) is 6. The van der Waals surface area contributed by atoms with Crippen LogP contribution in [0.1, 0.15) is 5.56 Å². The zero-order valence-corrected chi connectivity index (χ0v) is 14.7. The number of nitriles is 1. The second kappa shape index (κ2) is 6.70. The third-order valence-corrected chi connectivity index (χ3v) is 4.39. The summed E-state index contributed by atoms with van der Waals surface area (Å²) in [5, 5.41) is 33.0. The van der Waals surface area contributed by atoms with Crippen LogP contribution in [0, 0.1) is 18.3 Å². The summed E-state index contributed by atoms with van der Waals surface area (Å²) in [7, 11) is 0. The van der Waals surface area contributed by atoms with E-state index < -0.39 is 0 Å². The van der Waals surface area contributed by atoms with Crippen molar-refractivity contribution in [2.24, 2.45) is 0 Å². The molecule has 8 heteroatoms. The lowest BCUT2D eigenvalue weighted by Gasteiger charge is -2.35. The van der Waals surface area contributed by atoms with Gasteiger partial charge in [0.15, 0.2) is 0 Å². The number of hydrogen-bond acceptors (Lipinski definition) is 7.